The summed E-state index contributed by atoms with van der Waals surface area (Å²) in [6.07, 6.45) is 0. The van der Waals surface area contributed by atoms with E-state index < -0.39 is 5.60 Å². The number of pyridine rings is 1. The van der Waals surface area contributed by atoms with Crippen LogP contribution in [0.4, 0.5) is 0 Å². The van der Waals surface area contributed by atoms with Crippen molar-refractivity contribution in [1.82, 2.24) is 4.98 Å². The molecule has 0 aliphatic rings. The summed E-state index contributed by atoms with van der Waals surface area (Å²) >= 11 is 2.29. The van der Waals surface area contributed by atoms with Crippen molar-refractivity contribution in [2.45, 2.75) is 39.2 Å². The lowest BCUT2D eigenvalue weighted by atomic mass is 9.88. The molecule has 1 aromatic heterocycles. The monoisotopic (exact) mass is 456 g/mol. The van der Waals surface area contributed by atoms with Gasteiger partial charge in [0.15, 0.2) is 0 Å². The molecule has 0 fully saturated rings. The Morgan fingerprint density at radius 2 is 1.83 bits per heavy atom. The van der Waals surface area contributed by atoms with Crippen LogP contribution in [0.15, 0.2) is 30.3 Å². The highest BCUT2D eigenvalue weighted by Gasteiger charge is 2.25. The van der Waals surface area contributed by atoms with E-state index in [1.807, 2.05) is 19.9 Å². The zero-order chi connectivity index (χ0) is 18.1. The number of benzene rings is 1. The Kier molecular flexibility index (Phi) is 6.40. The minimum atomic E-state index is -0.942. The van der Waals surface area contributed by atoms with Gasteiger partial charge in [-0.15, -0.1) is 9.24 Å². The van der Waals surface area contributed by atoms with E-state index in [0.717, 1.165) is 27.8 Å². The predicted molar refractivity (Wildman–Crippen MR) is 114 cm³/mol. The topological polar surface area (TPSA) is 59.1 Å². The van der Waals surface area contributed by atoms with Gasteiger partial charge in [-0.1, -0.05) is 26.0 Å². The standard InChI is InChI=1S/C19H26IN2OP/c1-11(2)14(10-21)16-9-15(19(3,4)23)18(24)17(22-16)12-5-7-13(20)8-6-12/h5-9,11,14,23H,10,21,24H2,1-4H3. The molecule has 0 radical (unpaired) electrons. The summed E-state index contributed by atoms with van der Waals surface area (Å²) in [4.78, 5) is 4.92. The maximum atomic E-state index is 10.6. The minimum absolute atomic E-state index is 0.166. The Hall–Kier alpha value is -0.550. The van der Waals surface area contributed by atoms with E-state index in [1.54, 1.807) is 0 Å². The SMILES string of the molecule is CC(C)C(CN)c1cc(C(C)(C)O)c(P)c(-c2ccc(I)cc2)n1. The van der Waals surface area contributed by atoms with Gasteiger partial charge < -0.3 is 10.8 Å². The van der Waals surface area contributed by atoms with Crippen LogP contribution in [-0.4, -0.2) is 16.6 Å². The summed E-state index contributed by atoms with van der Waals surface area (Å²) in [7, 11) is 2.76. The third-order valence-corrected chi connectivity index (χ3v) is 5.60. The van der Waals surface area contributed by atoms with Gasteiger partial charge in [0.2, 0.25) is 0 Å². The molecule has 3 N–H and O–H groups in total. The van der Waals surface area contributed by atoms with Crippen molar-refractivity contribution < 1.29 is 5.11 Å². The number of nitrogens with zero attached hydrogens (tertiary/aromatic N) is 1. The molecule has 0 aliphatic heterocycles. The first kappa shape index (κ1) is 19.8. The lowest BCUT2D eigenvalue weighted by Crippen LogP contribution is -2.27. The molecule has 2 atom stereocenters. The van der Waals surface area contributed by atoms with Crippen molar-refractivity contribution in [2.24, 2.45) is 11.7 Å². The maximum absolute atomic E-state index is 10.6. The van der Waals surface area contributed by atoms with Crippen LogP contribution < -0.4 is 11.0 Å². The van der Waals surface area contributed by atoms with Crippen LogP contribution in [0.3, 0.4) is 0 Å². The molecule has 24 heavy (non-hydrogen) atoms. The molecule has 0 bridgehead atoms. The molecule has 2 aromatic rings. The molecule has 5 heteroatoms. The van der Waals surface area contributed by atoms with Gasteiger partial charge in [-0.2, -0.15) is 0 Å². The second-order valence-corrected chi connectivity index (χ2v) is 8.83. The lowest BCUT2D eigenvalue weighted by molar-refractivity contribution is 0.0795. The second-order valence-electron chi connectivity index (χ2n) is 7.01. The Morgan fingerprint density at radius 1 is 1.25 bits per heavy atom. The highest BCUT2D eigenvalue weighted by atomic mass is 127. The van der Waals surface area contributed by atoms with Crippen molar-refractivity contribution in [1.29, 1.82) is 0 Å². The Morgan fingerprint density at radius 3 is 2.29 bits per heavy atom. The number of rotatable bonds is 5. The summed E-state index contributed by atoms with van der Waals surface area (Å²) in [6, 6.07) is 10.3. The largest absolute Gasteiger partial charge is 0.386 e. The van der Waals surface area contributed by atoms with E-state index in [-0.39, 0.29) is 5.92 Å². The van der Waals surface area contributed by atoms with Gasteiger partial charge in [0.05, 0.1) is 11.3 Å². The predicted octanol–water partition coefficient (Wildman–Crippen LogP) is 3.78. The average Bonchev–Trinajstić information content (AvgIpc) is 2.48. The first-order valence-electron chi connectivity index (χ1n) is 8.14. The number of aromatic nitrogens is 1. The average molecular weight is 456 g/mol. The van der Waals surface area contributed by atoms with E-state index in [1.165, 1.54) is 3.57 Å². The number of nitrogens with two attached hydrogens (primary N) is 1. The van der Waals surface area contributed by atoms with Gasteiger partial charge in [0.1, 0.15) is 0 Å². The molecule has 0 saturated carbocycles. The fraction of sp³-hybridized carbons (Fsp3) is 0.421. The van der Waals surface area contributed by atoms with E-state index in [0.29, 0.717) is 12.5 Å². The summed E-state index contributed by atoms with van der Waals surface area (Å²) in [5, 5.41) is 11.6. The number of hydrogen-bond acceptors (Lipinski definition) is 3. The molecule has 2 rings (SSSR count). The van der Waals surface area contributed by atoms with Gasteiger partial charge in [0, 0.05) is 32.6 Å². The van der Waals surface area contributed by atoms with Crippen LogP contribution in [0.25, 0.3) is 11.3 Å². The third-order valence-electron chi connectivity index (χ3n) is 4.29. The second kappa shape index (κ2) is 7.77. The Balaban J connectivity index is 2.71. The smallest absolute Gasteiger partial charge is 0.0847 e. The van der Waals surface area contributed by atoms with Crippen LogP contribution in [0.1, 0.15) is 44.9 Å². The van der Waals surface area contributed by atoms with Crippen molar-refractivity contribution in [3.8, 4) is 11.3 Å². The molecule has 0 aliphatic carbocycles. The fourth-order valence-corrected chi connectivity index (χ4v) is 3.86. The van der Waals surface area contributed by atoms with Gasteiger partial charge in [-0.05, 0) is 66.1 Å². The molecule has 0 saturated heterocycles. The molecule has 130 valence electrons. The summed E-state index contributed by atoms with van der Waals surface area (Å²) in [6.45, 7) is 8.47. The fourth-order valence-electron chi connectivity index (χ4n) is 2.83. The Bertz CT molecular complexity index is 709. The maximum Gasteiger partial charge on any atom is 0.0847 e. The first-order valence-corrected chi connectivity index (χ1v) is 9.80. The van der Waals surface area contributed by atoms with Crippen molar-refractivity contribution in [3.05, 3.63) is 45.2 Å². The van der Waals surface area contributed by atoms with Crippen molar-refractivity contribution in [2.75, 3.05) is 6.54 Å². The lowest BCUT2D eigenvalue weighted by Gasteiger charge is -2.26. The van der Waals surface area contributed by atoms with Crippen LogP contribution in [0, 0.1) is 9.49 Å². The van der Waals surface area contributed by atoms with Gasteiger partial charge in [-0.25, -0.2) is 0 Å². The zero-order valence-corrected chi connectivity index (χ0v) is 18.0. The van der Waals surface area contributed by atoms with E-state index in [9.17, 15) is 5.11 Å². The van der Waals surface area contributed by atoms with Gasteiger partial charge >= 0.3 is 0 Å². The number of halogens is 1. The van der Waals surface area contributed by atoms with Crippen molar-refractivity contribution in [3.63, 3.8) is 0 Å². The quantitative estimate of drug-likeness (QED) is 0.532. The van der Waals surface area contributed by atoms with Crippen LogP contribution >= 0.6 is 31.8 Å². The third kappa shape index (κ3) is 4.34. The molecule has 1 aromatic carbocycles. The molecule has 3 nitrogen and oxygen atoms in total. The number of hydrogen-bond donors (Lipinski definition) is 2. The highest BCUT2D eigenvalue weighted by molar-refractivity contribution is 14.1. The summed E-state index contributed by atoms with van der Waals surface area (Å²) in [5.74, 6) is 0.552. The summed E-state index contributed by atoms with van der Waals surface area (Å²) in [5.41, 5.74) is 8.83. The molecular weight excluding hydrogens is 430 g/mol. The zero-order valence-electron chi connectivity index (χ0n) is 14.7. The van der Waals surface area contributed by atoms with Crippen LogP contribution in [0.5, 0.6) is 0 Å². The van der Waals surface area contributed by atoms with E-state index in [4.69, 9.17) is 10.7 Å². The van der Waals surface area contributed by atoms with Crippen LogP contribution in [0.2, 0.25) is 0 Å². The molecule has 1 heterocycles. The van der Waals surface area contributed by atoms with Crippen LogP contribution in [-0.2, 0) is 5.60 Å². The minimum Gasteiger partial charge on any atom is -0.386 e. The first-order chi connectivity index (χ1) is 11.1. The normalized spacial score (nSPS) is 13.4. The summed E-state index contributed by atoms with van der Waals surface area (Å²) < 4.78 is 1.18. The molecule has 2 unspecified atom stereocenters. The molecule has 0 spiro atoms. The van der Waals surface area contributed by atoms with Crippen molar-refractivity contribution >= 4 is 37.1 Å². The Labute approximate surface area is 160 Å². The number of aliphatic hydroxyl groups is 1. The van der Waals surface area contributed by atoms with Gasteiger partial charge in [0.25, 0.3) is 0 Å². The van der Waals surface area contributed by atoms with E-state index in [2.05, 4.69) is 69.9 Å². The highest BCUT2D eigenvalue weighted by Crippen LogP contribution is 2.31. The van der Waals surface area contributed by atoms with Gasteiger partial charge in [-0.3, -0.25) is 4.98 Å². The molecular formula is C19H26IN2OP. The molecule has 0 amide bonds. The van der Waals surface area contributed by atoms with E-state index >= 15 is 0 Å².